The molecule has 0 saturated carbocycles. The molecule has 0 bridgehead atoms. The Hall–Kier alpha value is -4.50. The summed E-state index contributed by atoms with van der Waals surface area (Å²) in [7, 11) is 4.42. The molecule has 214 valence electrons. The van der Waals surface area contributed by atoms with Crippen molar-refractivity contribution in [3.05, 3.63) is 88.5 Å². The largest absolute Gasteiger partial charge is 0.497 e. The molecule has 0 N–H and O–H groups in total. The second kappa shape index (κ2) is 13.2. The van der Waals surface area contributed by atoms with E-state index in [0.717, 1.165) is 11.1 Å². The zero-order valence-electron chi connectivity index (χ0n) is 23.3. The first kappa shape index (κ1) is 29.5. The molecule has 3 aromatic rings. The Morgan fingerprint density at radius 3 is 1.90 bits per heavy atom. The van der Waals surface area contributed by atoms with E-state index in [9.17, 15) is 14.4 Å². The molecule has 1 aliphatic rings. The molecule has 4 rings (SSSR count). The van der Waals surface area contributed by atoms with Gasteiger partial charge in [0.25, 0.3) is 5.91 Å². The Morgan fingerprint density at radius 2 is 1.37 bits per heavy atom. The van der Waals surface area contributed by atoms with Crippen LogP contribution in [0, 0.1) is 0 Å². The van der Waals surface area contributed by atoms with Crippen LogP contribution >= 0.6 is 11.6 Å². The number of hydrogen-bond donors (Lipinski definition) is 0. The number of amides is 2. The predicted molar refractivity (Wildman–Crippen MR) is 155 cm³/mol. The normalized spacial score (nSPS) is 13.4. The van der Waals surface area contributed by atoms with Crippen LogP contribution in [-0.4, -0.2) is 75.1 Å². The minimum absolute atomic E-state index is 0.104. The van der Waals surface area contributed by atoms with E-state index in [1.807, 2.05) is 42.5 Å². The van der Waals surface area contributed by atoms with Gasteiger partial charge < -0.3 is 28.7 Å². The third kappa shape index (κ3) is 6.81. The molecule has 9 nitrogen and oxygen atoms in total. The van der Waals surface area contributed by atoms with E-state index in [2.05, 4.69) is 0 Å². The first-order chi connectivity index (χ1) is 19.7. The minimum Gasteiger partial charge on any atom is -0.497 e. The lowest BCUT2D eigenvalue weighted by molar-refractivity contribution is -0.132. The number of esters is 1. The number of carbonyl (C=O) groups is 3. The molecule has 0 aliphatic carbocycles. The standard InChI is InChI=1S/C31H31ClN2O7/c1-20(35)41-30-27(39-3)17-22(18-28(30)40-4)31(37)34-15-13-33(14-16-34)29(36)19-25(24-7-5-6-8-26(24)32)21-9-11-23(38-2)12-10-21/h5-12,17-19H,13-16H2,1-4H3. The van der Waals surface area contributed by atoms with Crippen molar-refractivity contribution in [2.45, 2.75) is 6.92 Å². The second-order valence-electron chi connectivity index (χ2n) is 9.19. The van der Waals surface area contributed by atoms with Crippen LogP contribution in [0.4, 0.5) is 0 Å². The fourth-order valence-electron chi connectivity index (χ4n) is 4.54. The monoisotopic (exact) mass is 578 g/mol. The van der Waals surface area contributed by atoms with Crippen LogP contribution in [0.5, 0.6) is 23.0 Å². The molecule has 3 aromatic carbocycles. The third-order valence-electron chi connectivity index (χ3n) is 6.66. The van der Waals surface area contributed by atoms with Crippen molar-refractivity contribution in [3.8, 4) is 23.0 Å². The van der Waals surface area contributed by atoms with Crippen molar-refractivity contribution in [2.24, 2.45) is 0 Å². The third-order valence-corrected chi connectivity index (χ3v) is 6.99. The zero-order valence-corrected chi connectivity index (χ0v) is 24.1. The Morgan fingerprint density at radius 1 is 0.780 bits per heavy atom. The minimum atomic E-state index is -0.541. The Bertz CT molecular complexity index is 1440. The van der Waals surface area contributed by atoms with Gasteiger partial charge in [0, 0.05) is 55.3 Å². The van der Waals surface area contributed by atoms with Crippen LogP contribution in [0.25, 0.3) is 5.57 Å². The zero-order chi connectivity index (χ0) is 29.5. The summed E-state index contributed by atoms with van der Waals surface area (Å²) in [6.45, 7) is 2.62. The highest BCUT2D eigenvalue weighted by atomic mass is 35.5. The Labute approximate surface area is 243 Å². The number of methoxy groups -OCH3 is 3. The van der Waals surface area contributed by atoms with E-state index >= 15 is 0 Å². The molecule has 0 radical (unpaired) electrons. The van der Waals surface area contributed by atoms with Crippen LogP contribution in [0.2, 0.25) is 5.02 Å². The van der Waals surface area contributed by atoms with Crippen molar-refractivity contribution in [1.82, 2.24) is 9.80 Å². The average Bonchev–Trinajstić information content (AvgIpc) is 2.99. The summed E-state index contributed by atoms with van der Waals surface area (Å²) in [5.41, 5.74) is 2.56. The highest BCUT2D eigenvalue weighted by Crippen LogP contribution is 2.39. The van der Waals surface area contributed by atoms with Gasteiger partial charge in [0.2, 0.25) is 11.7 Å². The Kier molecular flexibility index (Phi) is 9.52. The topological polar surface area (TPSA) is 94.6 Å². The van der Waals surface area contributed by atoms with Crippen molar-refractivity contribution >= 4 is 35.0 Å². The van der Waals surface area contributed by atoms with E-state index < -0.39 is 5.97 Å². The van der Waals surface area contributed by atoms with Crippen molar-refractivity contribution in [2.75, 3.05) is 47.5 Å². The van der Waals surface area contributed by atoms with Crippen molar-refractivity contribution in [3.63, 3.8) is 0 Å². The van der Waals surface area contributed by atoms with Crippen molar-refractivity contribution in [1.29, 1.82) is 0 Å². The molecule has 1 fully saturated rings. The van der Waals surface area contributed by atoms with Crippen LogP contribution < -0.4 is 18.9 Å². The quantitative estimate of drug-likeness (QED) is 0.217. The molecular formula is C31H31ClN2O7. The van der Waals surface area contributed by atoms with E-state index in [1.165, 1.54) is 33.3 Å². The summed E-state index contributed by atoms with van der Waals surface area (Å²) in [5, 5.41) is 0.531. The number of ether oxygens (including phenoxy) is 4. The van der Waals surface area contributed by atoms with Crippen molar-refractivity contribution < 1.29 is 33.3 Å². The highest BCUT2D eigenvalue weighted by molar-refractivity contribution is 6.32. The molecule has 0 atom stereocenters. The van der Waals surface area contributed by atoms with Gasteiger partial charge in [0.15, 0.2) is 11.5 Å². The molecule has 0 aromatic heterocycles. The van der Waals surface area contributed by atoms with Crippen LogP contribution in [0.1, 0.15) is 28.4 Å². The van der Waals surface area contributed by atoms with Gasteiger partial charge >= 0.3 is 5.97 Å². The van der Waals surface area contributed by atoms with E-state index in [1.54, 1.807) is 29.1 Å². The van der Waals surface area contributed by atoms with Gasteiger partial charge in [-0.2, -0.15) is 0 Å². The highest BCUT2D eigenvalue weighted by Gasteiger charge is 2.27. The maximum absolute atomic E-state index is 13.4. The molecule has 1 saturated heterocycles. The number of hydrogen-bond acceptors (Lipinski definition) is 7. The molecule has 1 heterocycles. The molecule has 10 heteroatoms. The summed E-state index contributed by atoms with van der Waals surface area (Å²) in [6, 6.07) is 17.8. The second-order valence-corrected chi connectivity index (χ2v) is 9.59. The predicted octanol–water partition coefficient (Wildman–Crippen LogP) is 4.71. The number of nitrogens with zero attached hydrogens (tertiary/aromatic N) is 2. The van der Waals surface area contributed by atoms with Gasteiger partial charge in [-0.3, -0.25) is 14.4 Å². The SMILES string of the molecule is COc1ccc(C(=CC(=O)N2CCN(C(=O)c3cc(OC)c(OC(C)=O)c(OC)c3)CC2)c2ccccc2Cl)cc1. The van der Waals surface area contributed by atoms with E-state index in [-0.39, 0.29) is 29.1 Å². The van der Waals surface area contributed by atoms with Gasteiger partial charge in [-0.1, -0.05) is 41.9 Å². The molecule has 2 amide bonds. The van der Waals surface area contributed by atoms with Crippen LogP contribution in [-0.2, 0) is 9.59 Å². The maximum Gasteiger partial charge on any atom is 0.308 e. The smallest absolute Gasteiger partial charge is 0.308 e. The lowest BCUT2D eigenvalue weighted by Gasteiger charge is -2.34. The van der Waals surface area contributed by atoms with E-state index in [4.69, 9.17) is 30.5 Å². The Balaban J connectivity index is 1.52. The molecule has 41 heavy (non-hydrogen) atoms. The number of piperazine rings is 1. The lowest BCUT2D eigenvalue weighted by Crippen LogP contribution is -2.50. The number of rotatable bonds is 8. The van der Waals surface area contributed by atoms with Crippen LogP contribution in [0.3, 0.4) is 0 Å². The fraction of sp³-hybridized carbons (Fsp3) is 0.258. The van der Waals surface area contributed by atoms with Crippen LogP contribution in [0.15, 0.2) is 66.7 Å². The van der Waals surface area contributed by atoms with Gasteiger partial charge in [-0.25, -0.2) is 0 Å². The summed E-state index contributed by atoms with van der Waals surface area (Å²) in [6.07, 6.45) is 1.59. The molecular weight excluding hydrogens is 548 g/mol. The summed E-state index contributed by atoms with van der Waals surface area (Å²) < 4.78 is 21.2. The van der Waals surface area contributed by atoms with Gasteiger partial charge in [-0.05, 0) is 41.5 Å². The molecule has 0 spiro atoms. The summed E-state index contributed by atoms with van der Waals surface area (Å²) >= 11 is 6.51. The van der Waals surface area contributed by atoms with E-state index in [0.29, 0.717) is 48.1 Å². The van der Waals surface area contributed by atoms with Gasteiger partial charge in [0.05, 0.1) is 21.3 Å². The molecule has 1 aliphatic heterocycles. The number of benzene rings is 3. The molecule has 0 unspecified atom stereocenters. The average molecular weight is 579 g/mol. The van der Waals surface area contributed by atoms with Gasteiger partial charge in [-0.15, -0.1) is 0 Å². The number of carbonyl (C=O) groups excluding carboxylic acids is 3. The fourth-order valence-corrected chi connectivity index (χ4v) is 4.78. The number of halogens is 1. The first-order valence-electron chi connectivity index (χ1n) is 12.9. The first-order valence-corrected chi connectivity index (χ1v) is 13.3. The maximum atomic E-state index is 13.4. The summed E-state index contributed by atoms with van der Waals surface area (Å²) in [4.78, 5) is 41.7. The summed E-state index contributed by atoms with van der Waals surface area (Å²) in [5.74, 6) is 0.230. The lowest BCUT2D eigenvalue weighted by atomic mass is 9.97. The van der Waals surface area contributed by atoms with Gasteiger partial charge in [0.1, 0.15) is 5.75 Å².